The first-order valence-electron chi connectivity index (χ1n) is 5.92. The molecule has 0 unspecified atom stereocenters. The van der Waals surface area contributed by atoms with Crippen molar-refractivity contribution in [3.8, 4) is 0 Å². The molecule has 2 heterocycles. The number of hydrogen-bond acceptors (Lipinski definition) is 6. The van der Waals surface area contributed by atoms with Crippen LogP contribution in [0.4, 0.5) is 4.79 Å². The van der Waals surface area contributed by atoms with Crippen LogP contribution in [-0.4, -0.2) is 54.5 Å². The smallest absolute Gasteiger partial charge is 0.359 e. The first kappa shape index (κ1) is 14.5. The molecule has 1 aromatic heterocycles. The number of ether oxygens (including phenoxy) is 2. The van der Waals surface area contributed by atoms with Gasteiger partial charge in [0.2, 0.25) is 0 Å². The minimum Gasteiger partial charge on any atom is -0.465 e. The lowest BCUT2D eigenvalue weighted by Gasteiger charge is -2.18. The van der Waals surface area contributed by atoms with Crippen LogP contribution in [0.2, 0.25) is 0 Å². The van der Waals surface area contributed by atoms with E-state index in [9.17, 15) is 14.4 Å². The number of fused-ring (bicyclic) bond motifs is 1. The Morgan fingerprint density at radius 3 is 2.48 bits per heavy atom. The third-order valence-corrected chi connectivity index (χ3v) is 2.84. The lowest BCUT2D eigenvalue weighted by Crippen LogP contribution is -2.34. The molecule has 0 N–H and O–H groups in total. The highest BCUT2D eigenvalue weighted by molar-refractivity contribution is 6.50. The zero-order valence-corrected chi connectivity index (χ0v) is 11.7. The van der Waals surface area contributed by atoms with E-state index in [1.807, 2.05) is 0 Å². The van der Waals surface area contributed by atoms with Crippen LogP contribution in [0.1, 0.15) is 5.69 Å². The molecule has 0 saturated carbocycles. The van der Waals surface area contributed by atoms with Crippen LogP contribution in [0, 0.1) is 0 Å². The van der Waals surface area contributed by atoms with Gasteiger partial charge in [0.15, 0.2) is 5.71 Å². The van der Waals surface area contributed by atoms with E-state index >= 15 is 0 Å². The van der Waals surface area contributed by atoms with Gasteiger partial charge in [-0.1, -0.05) is 0 Å². The van der Waals surface area contributed by atoms with Crippen LogP contribution in [0.5, 0.6) is 0 Å². The number of rotatable bonds is 2. The normalized spacial score (nSPS) is 19.4. The number of methoxy groups -OCH3 is 2. The minimum absolute atomic E-state index is 0.0938. The molecule has 21 heavy (non-hydrogen) atoms. The molecule has 0 spiro atoms. The van der Waals surface area contributed by atoms with Gasteiger partial charge >= 0.3 is 18.0 Å². The van der Waals surface area contributed by atoms with Gasteiger partial charge in [0.25, 0.3) is 0 Å². The molecule has 0 fully saturated rings. The largest absolute Gasteiger partial charge is 0.465 e. The van der Waals surface area contributed by atoms with Crippen LogP contribution in [0.25, 0.3) is 6.08 Å². The van der Waals surface area contributed by atoms with E-state index in [0.29, 0.717) is 5.69 Å². The Kier molecular flexibility index (Phi) is 3.88. The van der Waals surface area contributed by atoms with Crippen LogP contribution in [0.15, 0.2) is 29.0 Å². The predicted octanol–water partition coefficient (Wildman–Crippen LogP) is 0.487. The van der Waals surface area contributed by atoms with Crippen molar-refractivity contribution in [3.05, 3.63) is 29.6 Å². The molecule has 1 aliphatic rings. The summed E-state index contributed by atoms with van der Waals surface area (Å²) in [4.78, 5) is 35.8. The van der Waals surface area contributed by atoms with Gasteiger partial charge in [0.05, 0.1) is 25.5 Å². The van der Waals surface area contributed by atoms with Crippen molar-refractivity contribution < 1.29 is 23.9 Å². The summed E-state index contributed by atoms with van der Waals surface area (Å²) in [5, 5.41) is 4.80. The second-order valence-electron chi connectivity index (χ2n) is 4.10. The van der Waals surface area contributed by atoms with Crippen molar-refractivity contribution in [2.45, 2.75) is 0 Å². The SMILES string of the molecule is COC(=O)C1=C/c2cccn2C(=O)N(C)/N=C\1C(=O)OC. The van der Waals surface area contributed by atoms with Crippen LogP contribution in [0.3, 0.4) is 0 Å². The van der Waals surface area contributed by atoms with Crippen molar-refractivity contribution in [1.29, 1.82) is 0 Å². The van der Waals surface area contributed by atoms with E-state index in [1.165, 1.54) is 31.0 Å². The topological polar surface area (TPSA) is 90.2 Å². The molecule has 1 aromatic rings. The molecule has 0 aromatic carbocycles. The van der Waals surface area contributed by atoms with Crippen molar-refractivity contribution in [3.63, 3.8) is 0 Å². The fourth-order valence-corrected chi connectivity index (χ4v) is 1.82. The van der Waals surface area contributed by atoms with E-state index in [4.69, 9.17) is 0 Å². The molecular formula is C13H13N3O5. The van der Waals surface area contributed by atoms with E-state index in [-0.39, 0.29) is 11.3 Å². The first-order valence-corrected chi connectivity index (χ1v) is 5.92. The second kappa shape index (κ2) is 5.61. The molecule has 1 aliphatic heterocycles. The van der Waals surface area contributed by atoms with E-state index in [1.54, 1.807) is 12.1 Å². The van der Waals surface area contributed by atoms with Gasteiger partial charge < -0.3 is 9.47 Å². The van der Waals surface area contributed by atoms with Gasteiger partial charge in [0, 0.05) is 13.2 Å². The second-order valence-corrected chi connectivity index (χ2v) is 4.10. The fraction of sp³-hybridized carbons (Fsp3) is 0.231. The molecule has 8 heteroatoms. The van der Waals surface area contributed by atoms with E-state index < -0.39 is 18.0 Å². The molecule has 0 aliphatic carbocycles. The summed E-state index contributed by atoms with van der Waals surface area (Å²) >= 11 is 0. The Balaban J connectivity index is 2.68. The Labute approximate surface area is 120 Å². The molecular weight excluding hydrogens is 278 g/mol. The van der Waals surface area contributed by atoms with E-state index in [0.717, 1.165) is 12.1 Å². The van der Waals surface area contributed by atoms with Gasteiger partial charge in [-0.15, -0.1) is 0 Å². The van der Waals surface area contributed by atoms with Gasteiger partial charge in [-0.3, -0.25) is 4.57 Å². The summed E-state index contributed by atoms with van der Waals surface area (Å²) < 4.78 is 10.5. The molecule has 8 nitrogen and oxygen atoms in total. The average Bonchev–Trinajstić information content (AvgIpc) is 2.94. The number of hydrazone groups is 1. The highest BCUT2D eigenvalue weighted by Gasteiger charge is 2.29. The zero-order valence-electron chi connectivity index (χ0n) is 11.7. The van der Waals surface area contributed by atoms with Gasteiger partial charge in [-0.2, -0.15) is 5.10 Å². The van der Waals surface area contributed by atoms with E-state index in [2.05, 4.69) is 14.6 Å². The Hall–Kier alpha value is -2.90. The highest BCUT2D eigenvalue weighted by atomic mass is 16.5. The summed E-state index contributed by atoms with van der Waals surface area (Å²) in [6.45, 7) is 0. The number of carbonyl (C=O) groups excluding carboxylic acids is 3. The molecule has 0 saturated heterocycles. The van der Waals surface area contributed by atoms with Crippen LogP contribution < -0.4 is 0 Å². The summed E-state index contributed by atoms with van der Waals surface area (Å²) in [6.07, 6.45) is 2.88. The maximum Gasteiger partial charge on any atom is 0.359 e. The number of carbonyl (C=O) groups is 3. The third kappa shape index (κ3) is 2.55. The van der Waals surface area contributed by atoms with Gasteiger partial charge in [0.1, 0.15) is 0 Å². The number of aromatic nitrogens is 1. The Morgan fingerprint density at radius 1 is 1.19 bits per heavy atom. The lowest BCUT2D eigenvalue weighted by atomic mass is 10.1. The summed E-state index contributed by atoms with van der Waals surface area (Å²) in [6, 6.07) is 2.78. The zero-order chi connectivity index (χ0) is 15.6. The quantitative estimate of drug-likeness (QED) is 0.739. The highest BCUT2D eigenvalue weighted by Crippen LogP contribution is 2.16. The summed E-state index contributed by atoms with van der Waals surface area (Å²) in [5.74, 6) is -1.60. The number of amides is 1. The number of esters is 2. The first-order chi connectivity index (χ1) is 9.99. The van der Waals surface area contributed by atoms with Crippen molar-refractivity contribution in [2.75, 3.05) is 21.3 Å². The van der Waals surface area contributed by atoms with Crippen molar-refractivity contribution in [1.82, 2.24) is 9.58 Å². The molecule has 0 atom stereocenters. The van der Waals surface area contributed by atoms with Crippen LogP contribution >= 0.6 is 0 Å². The summed E-state index contributed by atoms with van der Waals surface area (Å²) in [5.41, 5.74) is 0.0276. The standard InChI is InChI=1S/C13H13N3O5/c1-15-13(19)16-6-4-5-8(16)7-9(11(17)20-2)10(14-15)12(18)21-3/h4-7H,1-3H3/b9-7+,14-10+. The predicted molar refractivity (Wildman–Crippen MR) is 72.4 cm³/mol. The molecule has 1 amide bonds. The van der Waals surface area contributed by atoms with Gasteiger partial charge in [-0.05, 0) is 18.2 Å². The Morgan fingerprint density at radius 2 is 1.86 bits per heavy atom. The maximum atomic E-state index is 12.1. The van der Waals surface area contributed by atoms with Gasteiger partial charge in [-0.25, -0.2) is 19.4 Å². The number of hydrogen-bond donors (Lipinski definition) is 0. The Bertz CT molecular complexity index is 671. The molecule has 2 rings (SSSR count). The maximum absolute atomic E-state index is 12.1. The monoisotopic (exact) mass is 291 g/mol. The lowest BCUT2D eigenvalue weighted by molar-refractivity contribution is -0.137. The summed E-state index contributed by atoms with van der Waals surface area (Å²) in [7, 11) is 3.71. The fourth-order valence-electron chi connectivity index (χ4n) is 1.82. The third-order valence-electron chi connectivity index (χ3n) is 2.84. The molecule has 0 bridgehead atoms. The van der Waals surface area contributed by atoms with Crippen molar-refractivity contribution >= 4 is 29.8 Å². The minimum atomic E-state index is -0.841. The molecule has 0 radical (unpaired) electrons. The molecule has 110 valence electrons. The van der Waals surface area contributed by atoms with Crippen molar-refractivity contribution in [2.24, 2.45) is 5.10 Å². The van der Waals surface area contributed by atoms with Crippen LogP contribution in [-0.2, 0) is 19.1 Å². The number of nitrogens with zero attached hydrogens (tertiary/aromatic N) is 3. The average molecular weight is 291 g/mol.